The number of carbonyl (C=O) groups excluding carboxylic acids is 1. The summed E-state index contributed by atoms with van der Waals surface area (Å²) in [4.78, 5) is 18.9. The van der Waals surface area contributed by atoms with Gasteiger partial charge in [0.2, 0.25) is 0 Å². The first-order chi connectivity index (χ1) is 19.6. The molecular weight excluding hydrogens is 506 g/mol. The molecule has 2 aliphatic heterocycles. The highest BCUT2D eigenvalue weighted by molar-refractivity contribution is 5.93. The zero-order valence-corrected chi connectivity index (χ0v) is 23.2. The van der Waals surface area contributed by atoms with Crippen molar-refractivity contribution in [2.24, 2.45) is 5.92 Å². The third-order valence-electron chi connectivity index (χ3n) is 8.02. The Labute approximate surface area is 236 Å². The van der Waals surface area contributed by atoms with Crippen LogP contribution in [0.15, 0.2) is 73.1 Å². The largest absolute Gasteiger partial charge is 0.392 e. The highest BCUT2D eigenvalue weighted by atomic mass is 16.7. The van der Waals surface area contributed by atoms with Crippen LogP contribution in [0.5, 0.6) is 0 Å². The minimum absolute atomic E-state index is 0.0145. The molecular formula is C32H39N3O5. The van der Waals surface area contributed by atoms with Crippen LogP contribution in [0.3, 0.4) is 0 Å². The molecule has 0 bridgehead atoms. The highest BCUT2D eigenvalue weighted by Gasteiger charge is 2.40. The van der Waals surface area contributed by atoms with Crippen molar-refractivity contribution < 1.29 is 24.1 Å². The first kappa shape index (κ1) is 28.4. The molecule has 0 radical (unpaired) electrons. The fraction of sp³-hybridized carbons (Fsp3) is 0.438. The number of rotatable bonds is 10. The second-order valence-corrected chi connectivity index (χ2v) is 10.7. The van der Waals surface area contributed by atoms with Gasteiger partial charge in [-0.25, -0.2) is 0 Å². The van der Waals surface area contributed by atoms with E-state index in [1.165, 1.54) is 6.42 Å². The van der Waals surface area contributed by atoms with Crippen LogP contribution in [0.1, 0.15) is 64.8 Å². The average molecular weight is 546 g/mol. The number of likely N-dealkylation sites (tertiary alicyclic amines) is 1. The van der Waals surface area contributed by atoms with Crippen LogP contribution in [-0.4, -0.2) is 59.8 Å². The summed E-state index contributed by atoms with van der Waals surface area (Å²) in [6, 6.07) is 19.9. The third-order valence-corrected chi connectivity index (χ3v) is 8.02. The molecule has 2 aromatic carbocycles. The molecule has 0 saturated carbocycles. The normalized spacial score (nSPS) is 25.1. The van der Waals surface area contributed by atoms with Crippen molar-refractivity contribution in [3.63, 3.8) is 0 Å². The van der Waals surface area contributed by atoms with Crippen molar-refractivity contribution in [2.45, 2.75) is 57.5 Å². The van der Waals surface area contributed by atoms with Crippen molar-refractivity contribution in [2.75, 3.05) is 26.8 Å². The molecule has 1 amide bonds. The quantitative estimate of drug-likeness (QED) is 0.390. The van der Waals surface area contributed by atoms with E-state index in [-0.39, 0.29) is 30.6 Å². The zero-order chi connectivity index (χ0) is 27.9. The van der Waals surface area contributed by atoms with E-state index in [0.717, 1.165) is 48.4 Å². The minimum Gasteiger partial charge on any atom is -0.392 e. The maximum absolute atomic E-state index is 12.4. The summed E-state index contributed by atoms with van der Waals surface area (Å²) < 4.78 is 18.7. The third kappa shape index (κ3) is 6.77. The van der Waals surface area contributed by atoms with Crippen LogP contribution in [0, 0.1) is 5.92 Å². The summed E-state index contributed by atoms with van der Waals surface area (Å²) in [6.45, 7) is 5.21. The van der Waals surface area contributed by atoms with Crippen molar-refractivity contribution in [3.8, 4) is 0 Å². The number of pyridine rings is 1. The number of hydrogen-bond acceptors (Lipinski definition) is 7. The second kappa shape index (κ2) is 13.5. The lowest BCUT2D eigenvalue weighted by atomic mass is 9.90. The lowest BCUT2D eigenvalue weighted by Gasteiger charge is -2.43. The first-order valence-corrected chi connectivity index (χ1v) is 14.1. The minimum atomic E-state index is -0.522. The van der Waals surface area contributed by atoms with Crippen LogP contribution in [0.4, 0.5) is 0 Å². The number of nitrogens with one attached hydrogen (secondary N) is 1. The summed E-state index contributed by atoms with van der Waals surface area (Å²) >= 11 is 0. The van der Waals surface area contributed by atoms with Crippen molar-refractivity contribution in [1.82, 2.24) is 15.2 Å². The van der Waals surface area contributed by atoms with Crippen LogP contribution >= 0.6 is 0 Å². The number of amides is 1. The molecule has 3 aromatic rings. The molecule has 2 aliphatic rings. The fourth-order valence-electron chi connectivity index (χ4n) is 5.65. The fourth-order valence-corrected chi connectivity index (χ4v) is 5.65. The van der Waals surface area contributed by atoms with Gasteiger partial charge in [0.15, 0.2) is 6.29 Å². The topological polar surface area (TPSA) is 93.2 Å². The molecule has 0 aliphatic carbocycles. The van der Waals surface area contributed by atoms with Gasteiger partial charge in [0, 0.05) is 50.1 Å². The van der Waals surface area contributed by atoms with Crippen LogP contribution in [0.25, 0.3) is 0 Å². The Hall–Kier alpha value is -3.14. The molecule has 2 N–H and O–H groups in total. The highest BCUT2D eigenvalue weighted by Crippen LogP contribution is 2.42. The molecule has 1 aromatic heterocycles. The maximum Gasteiger partial charge on any atom is 0.253 e. The van der Waals surface area contributed by atoms with Crippen molar-refractivity contribution in [1.29, 1.82) is 0 Å². The number of ether oxygens (including phenoxy) is 3. The second-order valence-electron chi connectivity index (χ2n) is 10.7. The molecule has 8 nitrogen and oxygen atoms in total. The number of methoxy groups -OCH3 is 1. The van der Waals surface area contributed by atoms with E-state index in [2.05, 4.69) is 22.1 Å². The van der Waals surface area contributed by atoms with E-state index in [9.17, 15) is 9.90 Å². The van der Waals surface area contributed by atoms with Crippen LogP contribution < -0.4 is 5.32 Å². The SMILES string of the molecule is COC[C@@H]1CCCN1C[C@H]1O[C@@H](c2ccc(CNC(=O)c3cccnc3)cc2)O[C@@H](c2ccc(CO)cc2)[C@H]1C. The standard InChI is InChI=1S/C32H39N3O5/c1-22-29(19-35-16-4-6-28(35)21-38-2)39-32(40-30(22)25-11-9-24(20-36)10-12-25)26-13-7-23(8-14-26)17-34-31(37)27-5-3-15-33-18-27/h3,5,7-15,18,22,28-30,32,36H,4,6,16-17,19-21H2,1-2H3,(H,34,37)/t22-,28-,29+,30+,32+/m0/s1. The number of carbonyl (C=O) groups is 1. The van der Waals surface area contributed by atoms with Gasteiger partial charge >= 0.3 is 0 Å². The Kier molecular flexibility index (Phi) is 9.57. The maximum atomic E-state index is 12.4. The molecule has 8 heteroatoms. The summed E-state index contributed by atoms with van der Waals surface area (Å²) in [6.07, 6.45) is 4.80. The number of benzene rings is 2. The number of hydrogen-bond donors (Lipinski definition) is 2. The number of aromatic nitrogens is 1. The molecule has 2 fully saturated rings. The predicted octanol–water partition coefficient (Wildman–Crippen LogP) is 4.41. The van der Waals surface area contributed by atoms with Crippen molar-refractivity contribution in [3.05, 3.63) is 101 Å². The van der Waals surface area contributed by atoms with Crippen LogP contribution in [0.2, 0.25) is 0 Å². The van der Waals surface area contributed by atoms with E-state index >= 15 is 0 Å². The van der Waals surface area contributed by atoms with Crippen molar-refractivity contribution >= 4 is 5.91 Å². The van der Waals surface area contributed by atoms with Gasteiger partial charge in [0.25, 0.3) is 5.91 Å². The average Bonchev–Trinajstić information content (AvgIpc) is 3.44. The summed E-state index contributed by atoms with van der Waals surface area (Å²) in [5.41, 5.74) is 4.41. The zero-order valence-electron chi connectivity index (χ0n) is 23.2. The van der Waals surface area contributed by atoms with Crippen LogP contribution in [-0.2, 0) is 27.4 Å². The molecule has 3 heterocycles. The Morgan fingerprint density at radius 3 is 2.52 bits per heavy atom. The van der Waals surface area contributed by atoms with E-state index in [4.69, 9.17) is 14.2 Å². The van der Waals surface area contributed by atoms with E-state index in [0.29, 0.717) is 18.2 Å². The van der Waals surface area contributed by atoms with Gasteiger partial charge in [-0.05, 0) is 48.2 Å². The first-order valence-electron chi connectivity index (χ1n) is 14.1. The van der Waals surface area contributed by atoms with E-state index in [1.807, 2.05) is 48.5 Å². The van der Waals surface area contributed by atoms with Gasteiger partial charge in [0.1, 0.15) is 0 Å². The summed E-state index contributed by atoms with van der Waals surface area (Å²) in [7, 11) is 1.76. The summed E-state index contributed by atoms with van der Waals surface area (Å²) in [5, 5.41) is 12.5. The molecule has 0 spiro atoms. The van der Waals surface area contributed by atoms with Gasteiger partial charge in [-0.15, -0.1) is 0 Å². The molecule has 2 saturated heterocycles. The van der Waals surface area contributed by atoms with Gasteiger partial charge in [0.05, 0.1) is 31.0 Å². The molecule has 0 unspecified atom stereocenters. The van der Waals surface area contributed by atoms with Gasteiger partial charge < -0.3 is 24.6 Å². The number of aliphatic hydroxyl groups excluding tert-OH is 1. The van der Waals surface area contributed by atoms with Gasteiger partial charge in [-0.3, -0.25) is 14.7 Å². The molecule has 5 atom stereocenters. The Balaban J connectivity index is 1.31. The Bertz CT molecular complexity index is 1220. The summed E-state index contributed by atoms with van der Waals surface area (Å²) in [5.74, 6) is -0.0290. The lowest BCUT2D eigenvalue weighted by Crippen LogP contribution is -2.46. The molecule has 5 rings (SSSR count). The molecule has 40 heavy (non-hydrogen) atoms. The van der Waals surface area contributed by atoms with E-state index < -0.39 is 6.29 Å². The predicted molar refractivity (Wildman–Crippen MR) is 151 cm³/mol. The number of nitrogens with zero attached hydrogens (tertiary/aromatic N) is 2. The Morgan fingerprint density at radius 2 is 1.82 bits per heavy atom. The smallest absolute Gasteiger partial charge is 0.253 e. The van der Waals surface area contributed by atoms with Gasteiger partial charge in [-0.2, -0.15) is 0 Å². The van der Waals surface area contributed by atoms with Gasteiger partial charge in [-0.1, -0.05) is 55.5 Å². The molecule has 212 valence electrons. The Morgan fingerprint density at radius 1 is 1.07 bits per heavy atom. The number of aliphatic hydroxyl groups is 1. The van der Waals surface area contributed by atoms with E-state index in [1.54, 1.807) is 31.6 Å². The lowest BCUT2D eigenvalue weighted by molar-refractivity contribution is -0.276. The monoisotopic (exact) mass is 545 g/mol.